The van der Waals surface area contributed by atoms with Crippen molar-refractivity contribution >= 4 is 11.8 Å². The first-order valence-electron chi connectivity index (χ1n) is 4.31. The number of hydrogen-bond acceptors (Lipinski definition) is 2. The smallest absolute Gasteiger partial charge is 0.411 e. The van der Waals surface area contributed by atoms with Crippen LogP contribution in [0.5, 0.6) is 0 Å². The first-order valence-corrected chi connectivity index (χ1v) is 4.31. The minimum Gasteiger partial charge on any atom is -0.449 e. The van der Waals surface area contributed by atoms with E-state index in [1.807, 2.05) is 37.3 Å². The van der Waals surface area contributed by atoms with Crippen molar-refractivity contribution in [1.29, 1.82) is 0 Å². The molecule has 0 aliphatic carbocycles. The van der Waals surface area contributed by atoms with Crippen LogP contribution < -0.4 is 5.32 Å². The minimum absolute atomic E-state index is 0.395. The summed E-state index contributed by atoms with van der Waals surface area (Å²) in [5.41, 5.74) is 0.753. The monoisotopic (exact) mass is 179 g/mol. The number of amides is 1. The Morgan fingerprint density at radius 2 is 2.08 bits per heavy atom. The van der Waals surface area contributed by atoms with Gasteiger partial charge in [-0.15, -0.1) is 0 Å². The Bertz CT molecular complexity index is 259. The number of nitrogens with one attached hydrogen (secondary N) is 1. The summed E-state index contributed by atoms with van der Waals surface area (Å²) in [4.78, 5) is 11.0. The Morgan fingerprint density at radius 3 is 2.69 bits per heavy atom. The largest absolute Gasteiger partial charge is 0.449 e. The molecule has 0 spiro atoms. The van der Waals surface area contributed by atoms with Gasteiger partial charge in [-0.2, -0.15) is 0 Å². The molecule has 0 saturated carbocycles. The molecule has 0 bridgehead atoms. The zero-order valence-corrected chi connectivity index (χ0v) is 7.62. The van der Waals surface area contributed by atoms with E-state index in [4.69, 9.17) is 4.74 Å². The molecule has 3 nitrogen and oxygen atoms in total. The van der Waals surface area contributed by atoms with Crippen LogP contribution in [0.4, 0.5) is 10.5 Å². The second-order valence-electron chi connectivity index (χ2n) is 2.63. The normalized spacial score (nSPS) is 9.31. The molecule has 1 rings (SSSR count). The third kappa shape index (κ3) is 3.60. The fourth-order valence-corrected chi connectivity index (χ4v) is 0.870. The molecule has 3 heteroatoms. The first kappa shape index (κ1) is 9.58. The van der Waals surface area contributed by atoms with Gasteiger partial charge in [0.2, 0.25) is 0 Å². The third-order valence-corrected chi connectivity index (χ3v) is 1.46. The van der Waals surface area contributed by atoms with Crippen LogP contribution in [0.2, 0.25) is 0 Å². The van der Waals surface area contributed by atoms with Crippen LogP contribution >= 0.6 is 0 Å². The summed E-state index contributed by atoms with van der Waals surface area (Å²) >= 11 is 0. The number of hydrogen-bond donors (Lipinski definition) is 1. The molecule has 0 radical (unpaired) electrons. The van der Waals surface area contributed by atoms with Crippen LogP contribution in [-0.4, -0.2) is 12.7 Å². The highest BCUT2D eigenvalue weighted by Crippen LogP contribution is 2.04. The molecule has 0 heterocycles. The quantitative estimate of drug-likeness (QED) is 0.774. The summed E-state index contributed by atoms with van der Waals surface area (Å²) in [7, 11) is 0. The fraction of sp³-hybridized carbons (Fsp3) is 0.300. The van der Waals surface area contributed by atoms with Gasteiger partial charge in [-0.25, -0.2) is 4.79 Å². The standard InChI is InChI=1S/C10H13NO2/c1-2-8-13-10(12)11-9-6-4-3-5-7-9/h3-7H,2,8H2,1H3,(H,11,12). The van der Waals surface area contributed by atoms with E-state index in [0.29, 0.717) is 6.61 Å². The summed E-state index contributed by atoms with van der Waals surface area (Å²) in [6.07, 6.45) is 0.440. The van der Waals surface area contributed by atoms with Crippen LogP contribution in [0.15, 0.2) is 30.3 Å². The lowest BCUT2D eigenvalue weighted by atomic mass is 10.3. The van der Waals surface area contributed by atoms with Crippen molar-refractivity contribution in [1.82, 2.24) is 0 Å². The molecule has 1 aromatic carbocycles. The van der Waals surface area contributed by atoms with Gasteiger partial charge >= 0.3 is 6.09 Å². The summed E-state index contributed by atoms with van der Waals surface area (Å²) in [6, 6.07) is 9.23. The van der Waals surface area contributed by atoms with Gasteiger partial charge in [-0.05, 0) is 18.6 Å². The van der Waals surface area contributed by atoms with Crippen LogP contribution in [0.1, 0.15) is 13.3 Å². The number of carbonyl (C=O) groups excluding carboxylic acids is 1. The molecule has 0 fully saturated rings. The van der Waals surface area contributed by atoms with Crippen molar-refractivity contribution in [3.8, 4) is 0 Å². The van der Waals surface area contributed by atoms with Gasteiger partial charge in [-0.1, -0.05) is 25.1 Å². The molecule has 1 amide bonds. The van der Waals surface area contributed by atoms with E-state index in [2.05, 4.69) is 5.32 Å². The zero-order chi connectivity index (χ0) is 9.52. The average Bonchev–Trinajstić information content (AvgIpc) is 2.16. The van der Waals surface area contributed by atoms with Crippen molar-refractivity contribution in [2.24, 2.45) is 0 Å². The number of ether oxygens (including phenoxy) is 1. The Labute approximate surface area is 77.7 Å². The second-order valence-corrected chi connectivity index (χ2v) is 2.63. The van der Waals surface area contributed by atoms with Gasteiger partial charge in [-0.3, -0.25) is 5.32 Å². The number of anilines is 1. The van der Waals surface area contributed by atoms with Crippen LogP contribution in [0, 0.1) is 0 Å². The first-order chi connectivity index (χ1) is 6.33. The molecule has 0 aromatic heterocycles. The average molecular weight is 179 g/mol. The summed E-state index contributed by atoms with van der Waals surface area (Å²) < 4.78 is 4.85. The maximum Gasteiger partial charge on any atom is 0.411 e. The fourth-order valence-electron chi connectivity index (χ4n) is 0.870. The maximum atomic E-state index is 11.0. The molecule has 70 valence electrons. The van der Waals surface area contributed by atoms with Crippen molar-refractivity contribution < 1.29 is 9.53 Å². The van der Waals surface area contributed by atoms with E-state index in [0.717, 1.165) is 12.1 Å². The highest BCUT2D eigenvalue weighted by Gasteiger charge is 1.99. The van der Waals surface area contributed by atoms with Gasteiger partial charge in [0.1, 0.15) is 0 Å². The van der Waals surface area contributed by atoms with E-state index in [1.165, 1.54) is 0 Å². The predicted molar refractivity (Wildman–Crippen MR) is 51.7 cm³/mol. The number of rotatable bonds is 3. The second kappa shape index (κ2) is 5.19. The molecule has 0 aliphatic heterocycles. The zero-order valence-electron chi connectivity index (χ0n) is 7.62. The SMILES string of the molecule is CCCOC(=O)Nc1ccccc1. The van der Waals surface area contributed by atoms with E-state index in [9.17, 15) is 4.79 Å². The molecular formula is C10H13NO2. The highest BCUT2D eigenvalue weighted by atomic mass is 16.5. The predicted octanol–water partition coefficient (Wildman–Crippen LogP) is 2.65. The highest BCUT2D eigenvalue weighted by molar-refractivity contribution is 5.84. The number of benzene rings is 1. The summed E-state index contributed by atoms with van der Waals surface area (Å²) in [5, 5.41) is 2.62. The van der Waals surface area contributed by atoms with Crippen molar-refractivity contribution in [3.05, 3.63) is 30.3 Å². The minimum atomic E-state index is -0.395. The molecule has 1 aromatic rings. The van der Waals surface area contributed by atoms with Gasteiger partial charge in [0, 0.05) is 5.69 Å². The lowest BCUT2D eigenvalue weighted by Crippen LogP contribution is -2.13. The molecule has 0 aliphatic rings. The summed E-state index contributed by atoms with van der Waals surface area (Å²) in [5.74, 6) is 0. The van der Waals surface area contributed by atoms with Crippen molar-refractivity contribution in [2.75, 3.05) is 11.9 Å². The third-order valence-electron chi connectivity index (χ3n) is 1.46. The van der Waals surface area contributed by atoms with E-state index in [-0.39, 0.29) is 0 Å². The Morgan fingerprint density at radius 1 is 1.38 bits per heavy atom. The van der Waals surface area contributed by atoms with Crippen LogP contribution in [-0.2, 0) is 4.74 Å². The summed E-state index contributed by atoms with van der Waals surface area (Å²) in [6.45, 7) is 2.41. The topological polar surface area (TPSA) is 38.3 Å². The molecule has 0 saturated heterocycles. The van der Waals surface area contributed by atoms with Crippen LogP contribution in [0.25, 0.3) is 0 Å². The van der Waals surface area contributed by atoms with Crippen molar-refractivity contribution in [3.63, 3.8) is 0 Å². The Kier molecular flexibility index (Phi) is 3.82. The molecular weight excluding hydrogens is 166 g/mol. The van der Waals surface area contributed by atoms with Gasteiger partial charge < -0.3 is 4.74 Å². The van der Waals surface area contributed by atoms with Gasteiger partial charge in [0.15, 0.2) is 0 Å². The molecule has 0 unspecified atom stereocenters. The van der Waals surface area contributed by atoms with Crippen LogP contribution in [0.3, 0.4) is 0 Å². The number of carbonyl (C=O) groups is 1. The van der Waals surface area contributed by atoms with E-state index in [1.54, 1.807) is 0 Å². The molecule has 0 atom stereocenters. The number of para-hydroxylation sites is 1. The Balaban J connectivity index is 2.37. The lowest BCUT2D eigenvalue weighted by Gasteiger charge is -2.04. The van der Waals surface area contributed by atoms with E-state index >= 15 is 0 Å². The molecule has 1 N–H and O–H groups in total. The lowest BCUT2D eigenvalue weighted by molar-refractivity contribution is 0.161. The Hall–Kier alpha value is -1.51. The van der Waals surface area contributed by atoms with E-state index < -0.39 is 6.09 Å². The van der Waals surface area contributed by atoms with Crippen molar-refractivity contribution in [2.45, 2.75) is 13.3 Å². The van der Waals surface area contributed by atoms with Gasteiger partial charge in [0.05, 0.1) is 6.61 Å². The van der Waals surface area contributed by atoms with Gasteiger partial charge in [0.25, 0.3) is 0 Å². The molecule has 13 heavy (non-hydrogen) atoms. The maximum absolute atomic E-state index is 11.0.